The Bertz CT molecular complexity index is 1290. The third kappa shape index (κ3) is 5.66. The van der Waals surface area contributed by atoms with E-state index < -0.39 is 0 Å². The lowest BCUT2D eigenvalue weighted by Gasteiger charge is -2.14. The molecule has 7 nitrogen and oxygen atoms in total. The SMILES string of the molecule is Cc1cccc(Nc2nnc(SCC(=O)Nc3cc(C(C)(C)C)nn3-c3ccccc3)s2)c1C. The maximum Gasteiger partial charge on any atom is 0.235 e. The molecule has 0 spiro atoms. The second kappa shape index (κ2) is 9.99. The molecule has 4 aromatic rings. The summed E-state index contributed by atoms with van der Waals surface area (Å²) in [6.07, 6.45) is 0. The van der Waals surface area contributed by atoms with Crippen molar-refractivity contribution < 1.29 is 4.79 Å². The van der Waals surface area contributed by atoms with Crippen molar-refractivity contribution in [1.29, 1.82) is 0 Å². The van der Waals surface area contributed by atoms with Crippen LogP contribution in [0.2, 0.25) is 0 Å². The van der Waals surface area contributed by atoms with E-state index >= 15 is 0 Å². The molecule has 176 valence electrons. The molecule has 0 unspecified atom stereocenters. The van der Waals surface area contributed by atoms with Crippen molar-refractivity contribution in [3.05, 3.63) is 71.4 Å². The molecule has 2 heterocycles. The molecule has 1 amide bonds. The quantitative estimate of drug-likeness (QED) is 0.303. The number of carbonyl (C=O) groups is 1. The van der Waals surface area contributed by atoms with Crippen LogP contribution in [0.4, 0.5) is 16.6 Å². The standard InChI is InChI=1S/C25H28N6OS2/c1-16-10-9-13-19(17(16)2)26-23-28-29-24(34-23)33-15-22(32)27-21-14-20(25(3,4)5)30-31(21)18-11-7-6-8-12-18/h6-14H,15H2,1-5H3,(H,26,28)(H,27,32). The van der Waals surface area contributed by atoms with Crippen LogP contribution in [0.25, 0.3) is 5.69 Å². The van der Waals surface area contributed by atoms with E-state index in [-0.39, 0.29) is 17.1 Å². The predicted molar refractivity (Wildman–Crippen MR) is 141 cm³/mol. The normalized spacial score (nSPS) is 11.4. The Hall–Kier alpha value is -3.17. The number of thioether (sulfide) groups is 1. The number of nitrogens with one attached hydrogen (secondary N) is 2. The predicted octanol–water partition coefficient (Wildman–Crippen LogP) is 6.11. The molecule has 9 heteroatoms. The molecule has 0 aliphatic carbocycles. The van der Waals surface area contributed by atoms with Gasteiger partial charge in [-0.3, -0.25) is 4.79 Å². The smallest absolute Gasteiger partial charge is 0.235 e. The topological polar surface area (TPSA) is 84.7 Å². The summed E-state index contributed by atoms with van der Waals surface area (Å²) in [5.41, 5.74) is 5.06. The van der Waals surface area contributed by atoms with E-state index in [0.717, 1.165) is 21.4 Å². The first-order chi connectivity index (χ1) is 16.2. The van der Waals surface area contributed by atoms with Gasteiger partial charge in [0.1, 0.15) is 5.82 Å². The molecule has 2 aromatic heterocycles. The van der Waals surface area contributed by atoms with E-state index in [0.29, 0.717) is 10.9 Å². The number of benzene rings is 2. The van der Waals surface area contributed by atoms with E-state index in [1.165, 1.54) is 34.2 Å². The minimum absolute atomic E-state index is 0.123. The molecule has 34 heavy (non-hydrogen) atoms. The van der Waals surface area contributed by atoms with Crippen molar-refractivity contribution in [2.45, 2.75) is 44.4 Å². The van der Waals surface area contributed by atoms with Crippen molar-refractivity contribution in [2.24, 2.45) is 0 Å². The third-order valence-corrected chi connectivity index (χ3v) is 7.30. The van der Waals surface area contributed by atoms with E-state index in [1.807, 2.05) is 48.5 Å². The number of aromatic nitrogens is 4. The van der Waals surface area contributed by atoms with Gasteiger partial charge < -0.3 is 10.6 Å². The Morgan fingerprint density at radius 1 is 1.06 bits per heavy atom. The van der Waals surface area contributed by atoms with Crippen LogP contribution in [0.15, 0.2) is 58.9 Å². The van der Waals surface area contributed by atoms with Crippen molar-refractivity contribution in [1.82, 2.24) is 20.0 Å². The fourth-order valence-electron chi connectivity index (χ4n) is 3.23. The number of carbonyl (C=O) groups excluding carboxylic acids is 1. The number of rotatable bonds is 7. The van der Waals surface area contributed by atoms with Crippen LogP contribution in [0.5, 0.6) is 0 Å². The number of hydrogen-bond donors (Lipinski definition) is 2. The summed E-state index contributed by atoms with van der Waals surface area (Å²) in [6, 6.07) is 17.8. The van der Waals surface area contributed by atoms with Crippen LogP contribution in [-0.2, 0) is 10.2 Å². The van der Waals surface area contributed by atoms with E-state index in [2.05, 4.69) is 61.5 Å². The minimum atomic E-state index is -0.139. The second-order valence-electron chi connectivity index (χ2n) is 8.99. The second-order valence-corrected chi connectivity index (χ2v) is 11.2. The van der Waals surface area contributed by atoms with Crippen LogP contribution in [0.1, 0.15) is 37.6 Å². The van der Waals surface area contributed by atoms with E-state index in [1.54, 1.807) is 4.68 Å². The summed E-state index contributed by atoms with van der Waals surface area (Å²) in [6.45, 7) is 10.5. The summed E-state index contributed by atoms with van der Waals surface area (Å²) < 4.78 is 2.51. The molecule has 0 radical (unpaired) electrons. The molecule has 0 bridgehead atoms. The average Bonchev–Trinajstić information content (AvgIpc) is 3.43. The number of aryl methyl sites for hydroxylation is 1. The lowest BCUT2D eigenvalue weighted by Crippen LogP contribution is -2.16. The molecule has 2 N–H and O–H groups in total. The number of amides is 1. The highest BCUT2D eigenvalue weighted by Crippen LogP contribution is 2.30. The Kier molecular flexibility index (Phi) is 7.04. The Morgan fingerprint density at radius 3 is 2.56 bits per heavy atom. The number of nitrogens with zero attached hydrogens (tertiary/aromatic N) is 4. The highest BCUT2D eigenvalue weighted by atomic mass is 32.2. The fraction of sp³-hybridized carbons (Fsp3) is 0.280. The van der Waals surface area contributed by atoms with Crippen LogP contribution in [0.3, 0.4) is 0 Å². The molecule has 0 atom stereocenters. The van der Waals surface area contributed by atoms with Crippen LogP contribution in [0, 0.1) is 13.8 Å². The minimum Gasteiger partial charge on any atom is -0.330 e. The largest absolute Gasteiger partial charge is 0.330 e. The summed E-state index contributed by atoms with van der Waals surface area (Å²) >= 11 is 2.79. The first-order valence-electron chi connectivity index (χ1n) is 11.0. The molecule has 0 saturated carbocycles. The number of para-hydroxylation sites is 1. The van der Waals surface area contributed by atoms with Gasteiger partial charge in [-0.2, -0.15) is 5.10 Å². The average molecular weight is 493 g/mol. The maximum absolute atomic E-state index is 12.8. The molecular weight excluding hydrogens is 464 g/mol. The van der Waals surface area contributed by atoms with Crippen LogP contribution in [-0.4, -0.2) is 31.6 Å². The Morgan fingerprint density at radius 2 is 1.82 bits per heavy atom. The molecule has 0 fully saturated rings. The Labute approximate surface area is 208 Å². The Balaban J connectivity index is 1.42. The van der Waals surface area contributed by atoms with Gasteiger partial charge in [-0.25, -0.2) is 4.68 Å². The molecular formula is C25H28N6OS2. The lowest BCUT2D eigenvalue weighted by atomic mass is 9.92. The van der Waals surface area contributed by atoms with Gasteiger partial charge in [-0.15, -0.1) is 10.2 Å². The van der Waals surface area contributed by atoms with Crippen molar-refractivity contribution in [2.75, 3.05) is 16.4 Å². The summed E-state index contributed by atoms with van der Waals surface area (Å²) in [7, 11) is 0. The van der Waals surface area contributed by atoms with Gasteiger partial charge in [0.25, 0.3) is 0 Å². The zero-order valence-electron chi connectivity index (χ0n) is 19.9. The van der Waals surface area contributed by atoms with Crippen LogP contribution < -0.4 is 10.6 Å². The first-order valence-corrected chi connectivity index (χ1v) is 12.8. The lowest BCUT2D eigenvalue weighted by molar-refractivity contribution is -0.113. The van der Waals surface area contributed by atoms with Gasteiger partial charge in [-0.05, 0) is 43.2 Å². The molecule has 2 aromatic carbocycles. The zero-order valence-corrected chi connectivity index (χ0v) is 21.5. The third-order valence-electron chi connectivity index (χ3n) is 5.33. The summed E-state index contributed by atoms with van der Waals surface area (Å²) in [5.74, 6) is 0.751. The maximum atomic E-state index is 12.8. The zero-order chi connectivity index (χ0) is 24.3. The van der Waals surface area contributed by atoms with Crippen molar-refractivity contribution >= 4 is 45.6 Å². The monoisotopic (exact) mass is 492 g/mol. The summed E-state index contributed by atoms with van der Waals surface area (Å²) in [5, 5.41) is 20.2. The number of hydrogen-bond acceptors (Lipinski definition) is 7. The van der Waals surface area contributed by atoms with Crippen molar-refractivity contribution in [3.63, 3.8) is 0 Å². The van der Waals surface area contributed by atoms with E-state index in [4.69, 9.17) is 5.10 Å². The first kappa shape index (κ1) is 24.0. The molecule has 0 aliphatic rings. The van der Waals surface area contributed by atoms with Crippen LogP contribution >= 0.6 is 23.1 Å². The highest BCUT2D eigenvalue weighted by Gasteiger charge is 2.21. The van der Waals surface area contributed by atoms with Gasteiger partial charge in [0.05, 0.1) is 17.1 Å². The molecule has 0 aliphatic heterocycles. The molecule has 0 saturated heterocycles. The van der Waals surface area contributed by atoms with Gasteiger partial charge in [0.2, 0.25) is 11.0 Å². The van der Waals surface area contributed by atoms with Crippen molar-refractivity contribution in [3.8, 4) is 5.69 Å². The summed E-state index contributed by atoms with van der Waals surface area (Å²) in [4.78, 5) is 12.8. The van der Waals surface area contributed by atoms with E-state index in [9.17, 15) is 4.79 Å². The van der Waals surface area contributed by atoms with Gasteiger partial charge in [0.15, 0.2) is 4.34 Å². The van der Waals surface area contributed by atoms with Gasteiger partial charge >= 0.3 is 0 Å². The van der Waals surface area contributed by atoms with Gasteiger partial charge in [0, 0.05) is 17.2 Å². The molecule has 4 rings (SSSR count). The highest BCUT2D eigenvalue weighted by molar-refractivity contribution is 8.01. The van der Waals surface area contributed by atoms with Gasteiger partial charge in [-0.1, -0.05) is 74.2 Å². The number of anilines is 3. The fourth-order valence-corrected chi connectivity index (χ4v) is 4.79.